The minimum Gasteiger partial charge on any atom is -0.384 e. The highest BCUT2D eigenvalue weighted by Gasteiger charge is 2.26. The molecule has 0 aliphatic carbocycles. The lowest BCUT2D eigenvalue weighted by atomic mass is 9.98. The van der Waals surface area contributed by atoms with Gasteiger partial charge in [-0.15, -0.1) is 0 Å². The Balaban J connectivity index is 2.14. The molecule has 0 spiro atoms. The molecule has 1 aliphatic rings. The molecule has 0 saturated heterocycles. The highest BCUT2D eigenvalue weighted by atomic mass is 16.5. The van der Waals surface area contributed by atoms with Crippen molar-refractivity contribution in [2.75, 3.05) is 52.4 Å². The van der Waals surface area contributed by atoms with Gasteiger partial charge in [0.2, 0.25) is 0 Å². The van der Waals surface area contributed by atoms with Crippen LogP contribution in [0.4, 0.5) is 5.69 Å². The maximum absolute atomic E-state index is 13.0. The van der Waals surface area contributed by atoms with Crippen LogP contribution in [0.1, 0.15) is 29.3 Å². The Morgan fingerprint density at radius 2 is 1.96 bits per heavy atom. The van der Waals surface area contributed by atoms with E-state index >= 15 is 0 Å². The first-order valence-electron chi connectivity index (χ1n) is 8.34. The van der Waals surface area contributed by atoms with E-state index in [-0.39, 0.29) is 11.8 Å². The van der Waals surface area contributed by atoms with Gasteiger partial charge in [0.05, 0.1) is 19.3 Å². The van der Waals surface area contributed by atoms with Gasteiger partial charge >= 0.3 is 0 Å². The number of nitrogens with one attached hydrogen (secondary N) is 1. The van der Waals surface area contributed by atoms with E-state index in [1.165, 1.54) is 5.56 Å². The predicted octanol–water partition coefficient (Wildman–Crippen LogP) is 2.21. The Labute approximate surface area is 139 Å². The summed E-state index contributed by atoms with van der Waals surface area (Å²) < 4.78 is 10.4. The van der Waals surface area contributed by atoms with Crippen LogP contribution in [-0.4, -0.2) is 63.8 Å². The van der Waals surface area contributed by atoms with Gasteiger partial charge in [0, 0.05) is 45.1 Å². The fourth-order valence-corrected chi connectivity index (χ4v) is 3.10. The summed E-state index contributed by atoms with van der Waals surface area (Å²) in [5.74, 6) is 0.189. The Bertz CT molecular complexity index is 511. The van der Waals surface area contributed by atoms with Gasteiger partial charge in [-0.05, 0) is 36.6 Å². The number of methoxy groups -OCH3 is 2. The molecule has 1 N–H and O–H groups in total. The molecular formula is C18H28N2O3. The zero-order valence-electron chi connectivity index (χ0n) is 14.4. The highest BCUT2D eigenvalue weighted by Crippen LogP contribution is 2.24. The fraction of sp³-hybridized carbons (Fsp3) is 0.611. The van der Waals surface area contributed by atoms with Crippen LogP contribution in [0.3, 0.4) is 0 Å². The van der Waals surface area contributed by atoms with Crippen LogP contribution in [0, 0.1) is 0 Å². The van der Waals surface area contributed by atoms with E-state index in [2.05, 4.69) is 17.1 Å². The molecule has 0 aromatic heterocycles. The second kappa shape index (κ2) is 9.01. The van der Waals surface area contributed by atoms with E-state index in [4.69, 9.17) is 9.47 Å². The molecule has 0 bridgehead atoms. The van der Waals surface area contributed by atoms with Crippen molar-refractivity contribution in [3.05, 3.63) is 29.3 Å². The molecule has 0 amide bonds. The van der Waals surface area contributed by atoms with E-state index in [0.717, 1.165) is 43.7 Å². The lowest BCUT2D eigenvalue weighted by Gasteiger charge is -2.29. The van der Waals surface area contributed by atoms with Gasteiger partial charge in [-0.2, -0.15) is 0 Å². The zero-order chi connectivity index (χ0) is 16.7. The van der Waals surface area contributed by atoms with Crippen molar-refractivity contribution in [2.24, 2.45) is 0 Å². The van der Waals surface area contributed by atoms with Crippen LogP contribution in [0.2, 0.25) is 0 Å². The molecule has 1 atom stereocenters. The third kappa shape index (κ3) is 4.53. The number of nitrogens with zero attached hydrogens (tertiary/aromatic N) is 1. The number of fused-ring (bicyclic) bond motifs is 1. The van der Waals surface area contributed by atoms with Crippen molar-refractivity contribution in [2.45, 2.75) is 25.8 Å². The number of carbonyl (C=O) groups is 1. The maximum atomic E-state index is 13.0. The highest BCUT2D eigenvalue weighted by molar-refractivity contribution is 6.00. The van der Waals surface area contributed by atoms with Crippen molar-refractivity contribution < 1.29 is 14.3 Å². The Morgan fingerprint density at radius 1 is 1.26 bits per heavy atom. The minimum atomic E-state index is -0.132. The number of benzene rings is 1. The van der Waals surface area contributed by atoms with E-state index in [1.807, 2.05) is 18.2 Å². The van der Waals surface area contributed by atoms with Crippen LogP contribution in [0.5, 0.6) is 0 Å². The minimum absolute atomic E-state index is 0.132. The fourth-order valence-electron chi connectivity index (χ4n) is 3.10. The standard InChI is InChI=1S/C18H28N2O3/c1-4-17(20(9-11-22-2)10-12-23-3)18(21)15-5-6-16-14(13-15)7-8-19-16/h5-6,13,17,19H,4,7-12H2,1-3H3. The summed E-state index contributed by atoms with van der Waals surface area (Å²) >= 11 is 0. The molecule has 0 fully saturated rings. The van der Waals surface area contributed by atoms with Gasteiger partial charge in [0.1, 0.15) is 0 Å². The number of carbonyl (C=O) groups excluding carboxylic acids is 1. The average molecular weight is 320 g/mol. The van der Waals surface area contributed by atoms with Gasteiger partial charge in [-0.25, -0.2) is 0 Å². The quantitative estimate of drug-likeness (QED) is 0.670. The van der Waals surface area contributed by atoms with Crippen LogP contribution in [0.25, 0.3) is 0 Å². The summed E-state index contributed by atoms with van der Waals surface area (Å²) in [6.45, 7) is 5.71. The smallest absolute Gasteiger partial charge is 0.179 e. The molecule has 1 aromatic carbocycles. The van der Waals surface area contributed by atoms with Crippen LogP contribution in [-0.2, 0) is 15.9 Å². The van der Waals surface area contributed by atoms with E-state index in [9.17, 15) is 4.79 Å². The molecule has 1 unspecified atom stereocenters. The summed E-state index contributed by atoms with van der Waals surface area (Å²) in [7, 11) is 3.37. The average Bonchev–Trinajstić information content (AvgIpc) is 3.04. The number of ketones is 1. The second-order valence-electron chi connectivity index (χ2n) is 5.86. The molecule has 2 rings (SSSR count). The summed E-state index contributed by atoms with van der Waals surface area (Å²) in [6.07, 6.45) is 1.77. The van der Waals surface area contributed by atoms with Crippen molar-refractivity contribution in [1.82, 2.24) is 4.90 Å². The molecule has 0 saturated carbocycles. The molecule has 5 nitrogen and oxygen atoms in total. The third-order valence-electron chi connectivity index (χ3n) is 4.39. The van der Waals surface area contributed by atoms with Gasteiger partial charge in [0.25, 0.3) is 0 Å². The van der Waals surface area contributed by atoms with Crippen molar-refractivity contribution >= 4 is 11.5 Å². The largest absolute Gasteiger partial charge is 0.384 e. The first-order valence-corrected chi connectivity index (χ1v) is 8.34. The molecule has 1 aromatic rings. The number of Topliss-reactive ketones (excluding diaryl/α,β-unsaturated/α-hetero) is 1. The lowest BCUT2D eigenvalue weighted by Crippen LogP contribution is -2.44. The molecular weight excluding hydrogens is 292 g/mol. The second-order valence-corrected chi connectivity index (χ2v) is 5.86. The summed E-state index contributed by atoms with van der Waals surface area (Å²) in [5.41, 5.74) is 3.20. The van der Waals surface area contributed by atoms with E-state index < -0.39 is 0 Å². The summed E-state index contributed by atoms with van der Waals surface area (Å²) in [5, 5.41) is 3.33. The first-order chi connectivity index (χ1) is 11.2. The van der Waals surface area contributed by atoms with Crippen LogP contribution in [0.15, 0.2) is 18.2 Å². The topological polar surface area (TPSA) is 50.8 Å². The number of hydrogen-bond donors (Lipinski definition) is 1. The van der Waals surface area contributed by atoms with Gasteiger partial charge < -0.3 is 14.8 Å². The van der Waals surface area contributed by atoms with Crippen LogP contribution >= 0.6 is 0 Å². The SMILES string of the molecule is CCC(C(=O)c1ccc2c(c1)CCN2)N(CCOC)CCOC. The van der Waals surface area contributed by atoms with Crippen molar-refractivity contribution in [3.8, 4) is 0 Å². The Hall–Kier alpha value is -1.43. The summed E-state index contributed by atoms with van der Waals surface area (Å²) in [6, 6.07) is 5.88. The molecule has 128 valence electrons. The third-order valence-corrected chi connectivity index (χ3v) is 4.39. The number of rotatable bonds is 10. The Morgan fingerprint density at radius 3 is 2.57 bits per heavy atom. The zero-order valence-corrected chi connectivity index (χ0v) is 14.4. The molecule has 5 heteroatoms. The van der Waals surface area contributed by atoms with E-state index in [0.29, 0.717) is 13.2 Å². The van der Waals surface area contributed by atoms with Crippen molar-refractivity contribution in [3.63, 3.8) is 0 Å². The molecule has 1 aliphatic heterocycles. The molecule has 0 radical (unpaired) electrons. The van der Waals surface area contributed by atoms with Crippen molar-refractivity contribution in [1.29, 1.82) is 0 Å². The number of ether oxygens (including phenoxy) is 2. The Kier molecular flexibility index (Phi) is 7.02. The first kappa shape index (κ1) is 17.9. The summed E-state index contributed by atoms with van der Waals surface area (Å²) in [4.78, 5) is 15.2. The predicted molar refractivity (Wildman–Crippen MR) is 92.4 cm³/mol. The lowest BCUT2D eigenvalue weighted by molar-refractivity contribution is 0.0646. The van der Waals surface area contributed by atoms with Gasteiger partial charge in [-0.3, -0.25) is 9.69 Å². The number of hydrogen-bond acceptors (Lipinski definition) is 5. The number of anilines is 1. The molecule has 23 heavy (non-hydrogen) atoms. The monoisotopic (exact) mass is 320 g/mol. The van der Waals surface area contributed by atoms with Gasteiger partial charge in [-0.1, -0.05) is 6.92 Å². The normalized spacial score (nSPS) is 14.6. The maximum Gasteiger partial charge on any atom is 0.179 e. The molecule has 1 heterocycles. The van der Waals surface area contributed by atoms with Gasteiger partial charge in [0.15, 0.2) is 5.78 Å². The van der Waals surface area contributed by atoms with Crippen LogP contribution < -0.4 is 5.32 Å². The van der Waals surface area contributed by atoms with E-state index in [1.54, 1.807) is 14.2 Å².